The number of piperidine rings is 1. The smallest absolute Gasteiger partial charge is 0.271 e. The van der Waals surface area contributed by atoms with Gasteiger partial charge in [-0.2, -0.15) is 10.2 Å². The highest BCUT2D eigenvalue weighted by atomic mass is 35.5. The normalized spacial score (nSPS) is 17.5. The summed E-state index contributed by atoms with van der Waals surface area (Å²) in [5.74, 6) is -0.119. The van der Waals surface area contributed by atoms with Crippen molar-refractivity contribution in [3.05, 3.63) is 35.9 Å². The van der Waals surface area contributed by atoms with Crippen LogP contribution in [0.3, 0.4) is 0 Å². The molecule has 1 unspecified atom stereocenters. The van der Waals surface area contributed by atoms with Crippen LogP contribution in [0.4, 0.5) is 0 Å². The third kappa shape index (κ3) is 4.56. The van der Waals surface area contributed by atoms with Crippen LogP contribution in [0.5, 0.6) is 0 Å². The minimum Gasteiger partial charge on any atom is -0.350 e. The van der Waals surface area contributed by atoms with Crippen LogP contribution >= 0.6 is 12.4 Å². The van der Waals surface area contributed by atoms with Crippen LogP contribution in [-0.2, 0) is 13.5 Å². The van der Waals surface area contributed by atoms with Crippen molar-refractivity contribution < 1.29 is 4.79 Å². The van der Waals surface area contributed by atoms with Gasteiger partial charge in [-0.15, -0.1) is 12.4 Å². The fourth-order valence-electron chi connectivity index (χ4n) is 2.73. The average Bonchev–Trinajstić information content (AvgIpc) is 3.17. The van der Waals surface area contributed by atoms with Crippen LogP contribution in [-0.4, -0.2) is 45.1 Å². The van der Waals surface area contributed by atoms with Crippen LogP contribution in [0.1, 0.15) is 34.9 Å². The van der Waals surface area contributed by atoms with E-state index in [9.17, 15) is 4.79 Å². The molecule has 0 bridgehead atoms. The van der Waals surface area contributed by atoms with Gasteiger partial charge in [0.25, 0.3) is 5.91 Å². The highest BCUT2D eigenvalue weighted by Gasteiger charge is 2.17. The summed E-state index contributed by atoms with van der Waals surface area (Å²) in [7, 11) is 1.88. The SMILES string of the molecule is Cl.Cn1cc(CCNC(=O)c2ccn(C3CCCNC3)n2)cn1. The number of aromatic nitrogens is 4. The summed E-state index contributed by atoms with van der Waals surface area (Å²) < 4.78 is 3.67. The number of halogens is 1. The first-order chi connectivity index (χ1) is 10.7. The standard InChI is InChI=1S/C15H22N6O.ClH/c1-20-11-12(9-18-20)4-7-17-15(22)14-5-8-21(19-14)13-3-2-6-16-10-13;/h5,8-9,11,13,16H,2-4,6-7,10H2,1H3,(H,17,22);1H. The Morgan fingerprint density at radius 1 is 1.52 bits per heavy atom. The monoisotopic (exact) mass is 338 g/mol. The molecule has 23 heavy (non-hydrogen) atoms. The van der Waals surface area contributed by atoms with E-state index in [4.69, 9.17) is 0 Å². The molecule has 3 heterocycles. The summed E-state index contributed by atoms with van der Waals surface area (Å²) in [6, 6.07) is 2.14. The predicted octanol–water partition coefficient (Wildman–Crippen LogP) is 0.935. The molecule has 2 aromatic rings. The number of hydrogen-bond donors (Lipinski definition) is 2. The maximum atomic E-state index is 12.1. The largest absolute Gasteiger partial charge is 0.350 e. The van der Waals surface area contributed by atoms with Crippen molar-refractivity contribution in [2.75, 3.05) is 19.6 Å². The van der Waals surface area contributed by atoms with Crippen molar-refractivity contribution in [3.63, 3.8) is 0 Å². The molecule has 3 rings (SSSR count). The lowest BCUT2D eigenvalue weighted by atomic mass is 10.1. The molecule has 2 aromatic heterocycles. The maximum absolute atomic E-state index is 12.1. The molecule has 0 spiro atoms. The molecule has 0 radical (unpaired) electrons. The first-order valence-corrected chi connectivity index (χ1v) is 7.74. The van der Waals surface area contributed by atoms with Crippen molar-refractivity contribution >= 4 is 18.3 Å². The first kappa shape index (κ1) is 17.5. The maximum Gasteiger partial charge on any atom is 0.271 e. The van der Waals surface area contributed by atoms with Gasteiger partial charge in [-0.3, -0.25) is 14.2 Å². The summed E-state index contributed by atoms with van der Waals surface area (Å²) >= 11 is 0. The van der Waals surface area contributed by atoms with Crippen LogP contribution in [0.15, 0.2) is 24.7 Å². The third-order valence-corrected chi connectivity index (χ3v) is 3.94. The fourth-order valence-corrected chi connectivity index (χ4v) is 2.73. The Hall–Kier alpha value is -1.86. The van der Waals surface area contributed by atoms with Crippen LogP contribution in [0.2, 0.25) is 0 Å². The summed E-state index contributed by atoms with van der Waals surface area (Å²) in [4.78, 5) is 12.1. The predicted molar refractivity (Wildman–Crippen MR) is 89.9 cm³/mol. The number of nitrogens with zero attached hydrogens (tertiary/aromatic N) is 4. The van der Waals surface area contributed by atoms with E-state index in [1.54, 1.807) is 10.7 Å². The third-order valence-electron chi connectivity index (χ3n) is 3.94. The van der Waals surface area contributed by atoms with Gasteiger partial charge in [0.1, 0.15) is 5.69 Å². The summed E-state index contributed by atoms with van der Waals surface area (Å²) in [5, 5.41) is 14.8. The molecule has 1 aliphatic rings. The molecule has 7 nitrogen and oxygen atoms in total. The van der Waals surface area contributed by atoms with Gasteiger partial charge in [0.15, 0.2) is 0 Å². The van der Waals surface area contributed by atoms with E-state index in [-0.39, 0.29) is 18.3 Å². The zero-order chi connectivity index (χ0) is 15.4. The molecule has 0 saturated carbocycles. The number of amides is 1. The topological polar surface area (TPSA) is 76.8 Å². The van der Waals surface area contributed by atoms with E-state index < -0.39 is 0 Å². The lowest BCUT2D eigenvalue weighted by molar-refractivity contribution is 0.0948. The minimum atomic E-state index is -0.119. The fraction of sp³-hybridized carbons (Fsp3) is 0.533. The van der Waals surface area contributed by atoms with Gasteiger partial charge in [0, 0.05) is 32.5 Å². The van der Waals surface area contributed by atoms with Crippen molar-refractivity contribution in [3.8, 4) is 0 Å². The van der Waals surface area contributed by atoms with E-state index >= 15 is 0 Å². The van der Waals surface area contributed by atoms with E-state index in [1.807, 2.05) is 30.3 Å². The molecule has 1 saturated heterocycles. The van der Waals surface area contributed by atoms with E-state index in [2.05, 4.69) is 20.8 Å². The second-order valence-electron chi connectivity index (χ2n) is 5.71. The molecular formula is C15H23ClN6O. The van der Waals surface area contributed by atoms with Gasteiger partial charge >= 0.3 is 0 Å². The summed E-state index contributed by atoms with van der Waals surface area (Å²) in [6.07, 6.45) is 8.70. The zero-order valence-electron chi connectivity index (χ0n) is 13.2. The van der Waals surface area contributed by atoms with Gasteiger partial charge in [-0.1, -0.05) is 0 Å². The Bertz CT molecular complexity index is 631. The Kier molecular flexibility index (Phi) is 6.18. The second-order valence-corrected chi connectivity index (χ2v) is 5.71. The quantitative estimate of drug-likeness (QED) is 0.850. The zero-order valence-corrected chi connectivity index (χ0v) is 14.1. The second kappa shape index (κ2) is 8.12. The molecule has 8 heteroatoms. The van der Waals surface area contributed by atoms with Crippen molar-refractivity contribution in [2.45, 2.75) is 25.3 Å². The molecule has 1 aliphatic heterocycles. The molecule has 0 aliphatic carbocycles. The highest BCUT2D eigenvalue weighted by molar-refractivity contribution is 5.92. The van der Waals surface area contributed by atoms with E-state index in [1.165, 1.54) is 0 Å². The Balaban J connectivity index is 0.00000192. The highest BCUT2D eigenvalue weighted by Crippen LogP contribution is 2.15. The first-order valence-electron chi connectivity index (χ1n) is 7.74. The molecule has 1 atom stereocenters. The summed E-state index contributed by atoms with van der Waals surface area (Å²) in [6.45, 7) is 2.57. The number of carbonyl (C=O) groups excluding carboxylic acids is 1. The lowest BCUT2D eigenvalue weighted by Crippen LogP contribution is -2.32. The molecule has 0 aromatic carbocycles. The Labute approximate surface area is 141 Å². The molecule has 1 fully saturated rings. The Morgan fingerprint density at radius 3 is 3.09 bits per heavy atom. The van der Waals surface area contributed by atoms with E-state index in [0.717, 1.165) is 37.9 Å². The van der Waals surface area contributed by atoms with Crippen molar-refractivity contribution in [1.82, 2.24) is 30.2 Å². The number of hydrogen-bond acceptors (Lipinski definition) is 4. The van der Waals surface area contributed by atoms with Gasteiger partial charge in [0.2, 0.25) is 0 Å². The summed E-state index contributed by atoms with van der Waals surface area (Å²) in [5.41, 5.74) is 1.60. The van der Waals surface area contributed by atoms with Crippen molar-refractivity contribution in [2.24, 2.45) is 7.05 Å². The number of nitrogens with one attached hydrogen (secondary N) is 2. The van der Waals surface area contributed by atoms with Gasteiger partial charge in [-0.25, -0.2) is 0 Å². The Morgan fingerprint density at radius 2 is 2.39 bits per heavy atom. The van der Waals surface area contributed by atoms with Gasteiger partial charge in [0.05, 0.1) is 12.2 Å². The molecular weight excluding hydrogens is 316 g/mol. The van der Waals surface area contributed by atoms with Gasteiger partial charge in [-0.05, 0) is 37.4 Å². The molecule has 1 amide bonds. The number of aryl methyl sites for hydroxylation is 1. The number of carbonyl (C=O) groups is 1. The number of rotatable bonds is 5. The molecule has 126 valence electrons. The van der Waals surface area contributed by atoms with Crippen molar-refractivity contribution in [1.29, 1.82) is 0 Å². The van der Waals surface area contributed by atoms with Crippen LogP contribution < -0.4 is 10.6 Å². The van der Waals surface area contributed by atoms with Crippen LogP contribution in [0.25, 0.3) is 0 Å². The lowest BCUT2D eigenvalue weighted by Gasteiger charge is -2.22. The average molecular weight is 339 g/mol. The minimum absolute atomic E-state index is 0. The van der Waals surface area contributed by atoms with Crippen LogP contribution in [0, 0.1) is 0 Å². The van der Waals surface area contributed by atoms with E-state index in [0.29, 0.717) is 18.3 Å². The van der Waals surface area contributed by atoms with Gasteiger partial charge < -0.3 is 10.6 Å². The molecule has 2 N–H and O–H groups in total.